The second kappa shape index (κ2) is 5.24. The lowest BCUT2D eigenvalue weighted by atomic mass is 9.83. The van der Waals surface area contributed by atoms with Crippen LogP contribution in [0.2, 0.25) is 5.02 Å². The topological polar surface area (TPSA) is 79.3 Å². The molecule has 1 heterocycles. The fourth-order valence-corrected chi connectivity index (χ4v) is 2.67. The molecular formula is C16H10ClFN2O2. The molecule has 0 saturated carbocycles. The Kier molecular flexibility index (Phi) is 3.39. The molecule has 1 atom stereocenters. The van der Waals surface area contributed by atoms with E-state index in [1.54, 1.807) is 18.2 Å². The van der Waals surface area contributed by atoms with Gasteiger partial charge in [-0.2, -0.15) is 5.26 Å². The van der Waals surface area contributed by atoms with Crippen LogP contribution in [0.3, 0.4) is 0 Å². The first kappa shape index (κ1) is 14.2. The lowest BCUT2D eigenvalue weighted by Crippen LogP contribution is -2.21. The molecule has 0 bridgehead atoms. The molecule has 2 aromatic rings. The first-order valence-corrected chi connectivity index (χ1v) is 6.75. The van der Waals surface area contributed by atoms with Crippen molar-refractivity contribution < 1.29 is 14.2 Å². The van der Waals surface area contributed by atoms with Gasteiger partial charge in [0.05, 0.1) is 10.9 Å². The summed E-state index contributed by atoms with van der Waals surface area (Å²) in [6, 6.07) is 10.8. The number of nitrogens with two attached hydrogens (primary N) is 1. The molecule has 0 unspecified atom stereocenters. The Balaban J connectivity index is 2.30. The molecule has 0 amide bonds. The highest BCUT2D eigenvalue weighted by molar-refractivity contribution is 6.32. The Labute approximate surface area is 130 Å². The van der Waals surface area contributed by atoms with Gasteiger partial charge in [-0.15, -0.1) is 0 Å². The van der Waals surface area contributed by atoms with Crippen molar-refractivity contribution >= 4 is 11.6 Å². The van der Waals surface area contributed by atoms with E-state index in [-0.39, 0.29) is 33.5 Å². The first-order valence-electron chi connectivity index (χ1n) is 6.37. The summed E-state index contributed by atoms with van der Waals surface area (Å²) >= 11 is 5.94. The van der Waals surface area contributed by atoms with Crippen LogP contribution in [0.25, 0.3) is 0 Å². The zero-order valence-corrected chi connectivity index (χ0v) is 11.9. The van der Waals surface area contributed by atoms with E-state index in [4.69, 9.17) is 22.1 Å². The van der Waals surface area contributed by atoms with Gasteiger partial charge in [-0.05, 0) is 12.1 Å². The maximum absolute atomic E-state index is 14.2. The molecule has 0 aromatic heterocycles. The number of nitrogens with zero attached hydrogens (tertiary/aromatic N) is 1. The third-order valence-electron chi connectivity index (χ3n) is 3.50. The second-order valence-corrected chi connectivity index (χ2v) is 5.19. The van der Waals surface area contributed by atoms with Crippen LogP contribution in [0.15, 0.2) is 47.9 Å². The molecule has 0 fully saturated rings. The highest BCUT2D eigenvalue weighted by Crippen LogP contribution is 2.45. The normalized spacial score (nSPS) is 16.7. The lowest BCUT2D eigenvalue weighted by molar-refractivity contribution is 0.387. The summed E-state index contributed by atoms with van der Waals surface area (Å²) in [7, 11) is 0. The van der Waals surface area contributed by atoms with Crippen LogP contribution < -0.4 is 10.5 Å². The van der Waals surface area contributed by atoms with Gasteiger partial charge in [-0.25, -0.2) is 4.39 Å². The minimum absolute atomic E-state index is 0.0847. The Hall–Kier alpha value is -2.71. The number of fused-ring (bicyclic) bond motifs is 1. The number of rotatable bonds is 1. The van der Waals surface area contributed by atoms with E-state index in [1.807, 2.05) is 6.07 Å². The number of allylic oxidation sites excluding steroid dienone is 1. The molecule has 3 rings (SSSR count). The molecule has 6 heteroatoms. The number of phenolic OH excluding ortho intramolecular Hbond substituents is 1. The van der Waals surface area contributed by atoms with E-state index < -0.39 is 11.7 Å². The SMILES string of the molecule is N#CC1=C(N)Oc2cc(O)c(Cl)cc2[C@@H]1c1ccccc1F. The van der Waals surface area contributed by atoms with Gasteiger partial charge in [-0.1, -0.05) is 29.8 Å². The Morgan fingerprint density at radius 2 is 2.00 bits per heavy atom. The third kappa shape index (κ3) is 2.14. The van der Waals surface area contributed by atoms with E-state index in [2.05, 4.69) is 0 Å². The summed E-state index contributed by atoms with van der Waals surface area (Å²) in [6.45, 7) is 0. The van der Waals surface area contributed by atoms with Crippen molar-refractivity contribution in [1.29, 1.82) is 5.26 Å². The van der Waals surface area contributed by atoms with Crippen LogP contribution in [0.1, 0.15) is 17.0 Å². The molecule has 2 aromatic carbocycles. The molecule has 1 aliphatic rings. The summed E-state index contributed by atoms with van der Waals surface area (Å²) < 4.78 is 19.5. The maximum Gasteiger partial charge on any atom is 0.205 e. The van der Waals surface area contributed by atoms with Gasteiger partial charge in [0, 0.05) is 17.2 Å². The Morgan fingerprint density at radius 1 is 1.27 bits per heavy atom. The predicted octanol–water partition coefficient (Wildman–Crippen LogP) is 3.40. The minimum Gasteiger partial charge on any atom is -0.506 e. The third-order valence-corrected chi connectivity index (χ3v) is 3.80. The molecular weight excluding hydrogens is 307 g/mol. The number of phenols is 1. The quantitative estimate of drug-likeness (QED) is 0.845. The van der Waals surface area contributed by atoms with E-state index in [0.717, 1.165) is 0 Å². The largest absolute Gasteiger partial charge is 0.506 e. The Bertz CT molecular complexity index is 843. The van der Waals surface area contributed by atoms with Gasteiger partial charge in [0.2, 0.25) is 5.88 Å². The van der Waals surface area contributed by atoms with E-state index in [1.165, 1.54) is 18.2 Å². The average molecular weight is 317 g/mol. The van der Waals surface area contributed by atoms with Crippen molar-refractivity contribution in [3.63, 3.8) is 0 Å². The summed E-state index contributed by atoms with van der Waals surface area (Å²) in [5.41, 5.74) is 6.62. The van der Waals surface area contributed by atoms with E-state index in [0.29, 0.717) is 5.56 Å². The number of halogens is 2. The molecule has 4 nitrogen and oxygen atoms in total. The van der Waals surface area contributed by atoms with Crippen molar-refractivity contribution in [2.75, 3.05) is 0 Å². The van der Waals surface area contributed by atoms with Crippen LogP contribution >= 0.6 is 11.6 Å². The zero-order chi connectivity index (χ0) is 15.9. The molecule has 0 saturated heterocycles. The van der Waals surface area contributed by atoms with Crippen molar-refractivity contribution in [3.05, 3.63) is 69.8 Å². The summed E-state index contributed by atoms with van der Waals surface area (Å²) in [4.78, 5) is 0. The van der Waals surface area contributed by atoms with E-state index in [9.17, 15) is 14.8 Å². The van der Waals surface area contributed by atoms with E-state index >= 15 is 0 Å². The van der Waals surface area contributed by atoms with Crippen LogP contribution in [-0.4, -0.2) is 5.11 Å². The number of nitriles is 1. The molecule has 3 N–H and O–H groups in total. The van der Waals surface area contributed by atoms with Gasteiger partial charge in [0.15, 0.2) is 0 Å². The smallest absolute Gasteiger partial charge is 0.205 e. The summed E-state index contributed by atoms with van der Waals surface area (Å²) in [6.07, 6.45) is 0. The lowest BCUT2D eigenvalue weighted by Gasteiger charge is -2.27. The average Bonchev–Trinajstić information content (AvgIpc) is 2.49. The fourth-order valence-electron chi connectivity index (χ4n) is 2.50. The molecule has 0 aliphatic carbocycles. The number of ether oxygens (including phenoxy) is 1. The predicted molar refractivity (Wildman–Crippen MR) is 78.8 cm³/mol. The molecule has 1 aliphatic heterocycles. The highest BCUT2D eigenvalue weighted by Gasteiger charge is 2.33. The number of hydrogen-bond donors (Lipinski definition) is 2. The number of benzene rings is 2. The van der Waals surface area contributed by atoms with Crippen LogP contribution in [0, 0.1) is 17.1 Å². The number of hydrogen-bond acceptors (Lipinski definition) is 4. The second-order valence-electron chi connectivity index (χ2n) is 4.79. The van der Waals surface area contributed by atoms with Gasteiger partial charge < -0.3 is 15.6 Å². The van der Waals surface area contributed by atoms with Gasteiger partial charge in [0.25, 0.3) is 0 Å². The van der Waals surface area contributed by atoms with Crippen molar-refractivity contribution in [2.24, 2.45) is 5.73 Å². The van der Waals surface area contributed by atoms with Crippen molar-refractivity contribution in [2.45, 2.75) is 5.92 Å². The monoisotopic (exact) mass is 316 g/mol. The number of aromatic hydroxyl groups is 1. The first-order chi connectivity index (χ1) is 10.5. The van der Waals surface area contributed by atoms with Crippen LogP contribution in [0.5, 0.6) is 11.5 Å². The summed E-state index contributed by atoms with van der Waals surface area (Å²) in [5.74, 6) is -1.27. The molecule has 110 valence electrons. The van der Waals surface area contributed by atoms with Gasteiger partial charge >= 0.3 is 0 Å². The Morgan fingerprint density at radius 3 is 2.68 bits per heavy atom. The maximum atomic E-state index is 14.2. The standard InChI is InChI=1S/C16H10ClFN2O2/c17-11-5-9-14(6-13(11)21)22-16(20)10(7-19)15(9)8-3-1-2-4-12(8)18/h1-6,15,21H,20H2/t15-/m0/s1. The molecule has 0 radical (unpaired) electrons. The van der Waals surface area contributed by atoms with Crippen molar-refractivity contribution in [3.8, 4) is 17.6 Å². The van der Waals surface area contributed by atoms with Crippen LogP contribution in [0.4, 0.5) is 4.39 Å². The van der Waals surface area contributed by atoms with Crippen LogP contribution in [-0.2, 0) is 0 Å². The van der Waals surface area contributed by atoms with Gasteiger partial charge in [0.1, 0.15) is 29.0 Å². The van der Waals surface area contributed by atoms with Crippen molar-refractivity contribution in [1.82, 2.24) is 0 Å². The summed E-state index contributed by atoms with van der Waals surface area (Å²) in [5, 5.41) is 19.1. The highest BCUT2D eigenvalue weighted by atomic mass is 35.5. The molecule has 22 heavy (non-hydrogen) atoms. The zero-order valence-electron chi connectivity index (χ0n) is 11.2. The van der Waals surface area contributed by atoms with Gasteiger partial charge in [-0.3, -0.25) is 0 Å². The molecule has 0 spiro atoms. The fraction of sp³-hybridized carbons (Fsp3) is 0.0625. The minimum atomic E-state index is -0.743.